The van der Waals surface area contributed by atoms with Gasteiger partial charge in [0.25, 0.3) is 0 Å². The van der Waals surface area contributed by atoms with Crippen LogP contribution in [-0.4, -0.2) is 16.2 Å². The lowest BCUT2D eigenvalue weighted by Crippen LogP contribution is -2.03. The van der Waals surface area contributed by atoms with Crippen molar-refractivity contribution in [3.63, 3.8) is 0 Å². The molecular weight excluding hydrogens is 263 g/mol. The van der Waals surface area contributed by atoms with Crippen LogP contribution in [0.4, 0.5) is 15.9 Å². The number of hydrogen-bond acceptors (Lipinski definition) is 5. The molecule has 0 atom stereocenters. The molecule has 0 spiro atoms. The van der Waals surface area contributed by atoms with E-state index in [2.05, 4.69) is 20.6 Å². The maximum atomic E-state index is 13.2. The van der Waals surface area contributed by atoms with Gasteiger partial charge in [0.2, 0.25) is 0 Å². The van der Waals surface area contributed by atoms with Gasteiger partial charge in [-0.3, -0.25) is 0 Å². The molecule has 2 aromatic rings. The van der Waals surface area contributed by atoms with Gasteiger partial charge < -0.3 is 10.6 Å². The van der Waals surface area contributed by atoms with E-state index >= 15 is 0 Å². The molecule has 6 heteroatoms. The molecule has 0 unspecified atom stereocenters. The second-order valence-corrected chi connectivity index (χ2v) is 5.00. The molecule has 0 saturated heterocycles. The number of nitrogens with zero attached hydrogens (tertiary/aromatic N) is 2. The molecule has 1 aromatic heterocycles. The third-order valence-corrected chi connectivity index (χ3v) is 3.48. The number of fused-ring (bicyclic) bond motifs is 1. The SMILES string of the molecule is CSc1nc2c(c(Nc3cccc(F)c3)n1)CNC2. The monoisotopic (exact) mass is 276 g/mol. The first-order valence-electron chi connectivity index (χ1n) is 5.93. The van der Waals surface area contributed by atoms with Crippen LogP contribution < -0.4 is 10.6 Å². The van der Waals surface area contributed by atoms with Gasteiger partial charge in [-0.25, -0.2) is 14.4 Å². The van der Waals surface area contributed by atoms with Gasteiger partial charge in [-0.05, 0) is 24.5 Å². The van der Waals surface area contributed by atoms with E-state index in [1.807, 2.05) is 12.3 Å². The van der Waals surface area contributed by atoms with E-state index in [0.29, 0.717) is 5.69 Å². The number of halogens is 1. The summed E-state index contributed by atoms with van der Waals surface area (Å²) in [5.74, 6) is 0.490. The zero-order chi connectivity index (χ0) is 13.2. The fourth-order valence-corrected chi connectivity index (χ4v) is 2.43. The van der Waals surface area contributed by atoms with Gasteiger partial charge in [0.05, 0.1) is 5.69 Å². The van der Waals surface area contributed by atoms with Crippen molar-refractivity contribution in [2.24, 2.45) is 0 Å². The third-order valence-electron chi connectivity index (χ3n) is 2.94. The molecule has 1 aromatic carbocycles. The van der Waals surface area contributed by atoms with Crippen molar-refractivity contribution >= 4 is 23.3 Å². The fourth-order valence-electron chi connectivity index (χ4n) is 2.04. The average Bonchev–Trinajstić information content (AvgIpc) is 2.87. The molecule has 0 fully saturated rings. The lowest BCUT2D eigenvalue weighted by Gasteiger charge is -2.11. The molecule has 2 N–H and O–H groups in total. The van der Waals surface area contributed by atoms with Crippen LogP contribution in [-0.2, 0) is 13.1 Å². The maximum absolute atomic E-state index is 13.2. The van der Waals surface area contributed by atoms with Crippen molar-refractivity contribution in [1.29, 1.82) is 0 Å². The van der Waals surface area contributed by atoms with Gasteiger partial charge in [-0.1, -0.05) is 17.8 Å². The fraction of sp³-hybridized carbons (Fsp3) is 0.231. The predicted octanol–water partition coefficient (Wildman–Crippen LogP) is 2.68. The summed E-state index contributed by atoms with van der Waals surface area (Å²) in [4.78, 5) is 8.93. The van der Waals surface area contributed by atoms with Crippen LogP contribution in [0.5, 0.6) is 0 Å². The first-order chi connectivity index (χ1) is 9.26. The minimum atomic E-state index is -0.265. The molecule has 0 radical (unpaired) electrons. The Kier molecular flexibility index (Phi) is 3.35. The van der Waals surface area contributed by atoms with Crippen LogP contribution in [0, 0.1) is 5.82 Å². The number of anilines is 2. The first kappa shape index (κ1) is 12.4. The van der Waals surface area contributed by atoms with Gasteiger partial charge >= 0.3 is 0 Å². The number of benzene rings is 1. The van der Waals surface area contributed by atoms with E-state index < -0.39 is 0 Å². The Balaban J connectivity index is 1.98. The maximum Gasteiger partial charge on any atom is 0.189 e. The summed E-state index contributed by atoms with van der Waals surface area (Å²) in [5.41, 5.74) is 2.76. The molecule has 1 aliphatic heterocycles. The molecule has 4 nitrogen and oxygen atoms in total. The second-order valence-electron chi connectivity index (χ2n) is 4.22. The van der Waals surface area contributed by atoms with Crippen molar-refractivity contribution < 1.29 is 4.39 Å². The van der Waals surface area contributed by atoms with Gasteiger partial charge in [0.15, 0.2) is 5.16 Å². The first-order valence-corrected chi connectivity index (χ1v) is 7.16. The Morgan fingerprint density at radius 2 is 2.21 bits per heavy atom. The zero-order valence-corrected chi connectivity index (χ0v) is 11.2. The van der Waals surface area contributed by atoms with Crippen molar-refractivity contribution in [3.8, 4) is 0 Å². The summed E-state index contributed by atoms with van der Waals surface area (Å²) in [7, 11) is 0. The third kappa shape index (κ3) is 2.54. The quantitative estimate of drug-likeness (QED) is 0.667. The molecule has 98 valence electrons. The Hall–Kier alpha value is -1.66. The van der Waals surface area contributed by atoms with Gasteiger partial charge in [0.1, 0.15) is 11.6 Å². The van der Waals surface area contributed by atoms with E-state index in [1.54, 1.807) is 6.07 Å². The highest BCUT2D eigenvalue weighted by atomic mass is 32.2. The van der Waals surface area contributed by atoms with Crippen molar-refractivity contribution in [1.82, 2.24) is 15.3 Å². The van der Waals surface area contributed by atoms with Crippen LogP contribution in [0.1, 0.15) is 11.3 Å². The molecule has 3 rings (SSSR count). The average molecular weight is 276 g/mol. The van der Waals surface area contributed by atoms with Crippen molar-refractivity contribution in [3.05, 3.63) is 41.3 Å². The largest absolute Gasteiger partial charge is 0.340 e. The molecule has 0 bridgehead atoms. The minimum absolute atomic E-state index is 0.265. The number of thioether (sulfide) groups is 1. The lowest BCUT2D eigenvalue weighted by molar-refractivity contribution is 0.628. The van der Waals surface area contributed by atoms with Crippen LogP contribution >= 0.6 is 11.8 Å². The highest BCUT2D eigenvalue weighted by molar-refractivity contribution is 7.98. The topological polar surface area (TPSA) is 49.8 Å². The van der Waals surface area contributed by atoms with E-state index in [1.165, 1.54) is 23.9 Å². The standard InChI is InChI=1S/C13H13FN4S/c1-19-13-17-11-7-15-6-10(11)12(18-13)16-9-4-2-3-8(14)5-9/h2-5,15H,6-7H2,1H3,(H,16,17,18). The lowest BCUT2D eigenvalue weighted by atomic mass is 10.2. The van der Waals surface area contributed by atoms with Gasteiger partial charge in [-0.15, -0.1) is 0 Å². The minimum Gasteiger partial charge on any atom is -0.340 e. The summed E-state index contributed by atoms with van der Waals surface area (Å²) in [5, 5.41) is 7.15. The second kappa shape index (κ2) is 5.14. The number of rotatable bonds is 3. The van der Waals surface area contributed by atoms with Crippen molar-refractivity contribution in [2.75, 3.05) is 11.6 Å². The van der Waals surface area contributed by atoms with E-state index in [-0.39, 0.29) is 5.82 Å². The predicted molar refractivity (Wildman–Crippen MR) is 74.0 cm³/mol. The summed E-state index contributed by atoms with van der Waals surface area (Å²) < 4.78 is 13.2. The van der Waals surface area contributed by atoms with E-state index in [9.17, 15) is 4.39 Å². The Bertz CT molecular complexity index is 618. The summed E-state index contributed by atoms with van der Waals surface area (Å²) in [6.07, 6.45) is 1.94. The molecular formula is C13H13FN4S. The Labute approximate surface area is 114 Å². The van der Waals surface area contributed by atoms with Gasteiger partial charge in [0, 0.05) is 24.3 Å². The summed E-state index contributed by atoms with van der Waals surface area (Å²) in [6.45, 7) is 1.49. The zero-order valence-electron chi connectivity index (χ0n) is 10.4. The highest BCUT2D eigenvalue weighted by Gasteiger charge is 2.18. The molecule has 19 heavy (non-hydrogen) atoms. The van der Waals surface area contributed by atoms with Crippen LogP contribution in [0.15, 0.2) is 29.4 Å². The molecule has 0 saturated carbocycles. The Morgan fingerprint density at radius 1 is 1.32 bits per heavy atom. The number of aromatic nitrogens is 2. The van der Waals surface area contributed by atoms with Crippen LogP contribution in [0.2, 0.25) is 0 Å². The molecule has 0 aliphatic carbocycles. The number of nitrogens with one attached hydrogen (secondary N) is 2. The smallest absolute Gasteiger partial charge is 0.189 e. The van der Waals surface area contributed by atoms with Crippen molar-refractivity contribution in [2.45, 2.75) is 18.2 Å². The number of hydrogen-bond donors (Lipinski definition) is 2. The molecule has 1 aliphatic rings. The van der Waals surface area contributed by atoms with Crippen LogP contribution in [0.25, 0.3) is 0 Å². The summed E-state index contributed by atoms with van der Waals surface area (Å²) in [6, 6.07) is 6.37. The normalized spacial score (nSPS) is 13.4. The van der Waals surface area contributed by atoms with E-state index in [4.69, 9.17) is 0 Å². The van der Waals surface area contributed by atoms with E-state index in [0.717, 1.165) is 35.3 Å². The molecule has 2 heterocycles. The van der Waals surface area contributed by atoms with Gasteiger partial charge in [-0.2, -0.15) is 0 Å². The molecule has 0 amide bonds. The van der Waals surface area contributed by atoms with Crippen LogP contribution in [0.3, 0.4) is 0 Å². The Morgan fingerprint density at radius 3 is 3.00 bits per heavy atom. The highest BCUT2D eigenvalue weighted by Crippen LogP contribution is 2.26. The summed E-state index contributed by atoms with van der Waals surface area (Å²) >= 11 is 1.50.